The summed E-state index contributed by atoms with van der Waals surface area (Å²) in [7, 11) is 0. The molecule has 2 aromatic heterocycles. The van der Waals surface area contributed by atoms with E-state index in [1.807, 2.05) is 19.2 Å². The summed E-state index contributed by atoms with van der Waals surface area (Å²) in [4.78, 5) is 32.4. The van der Waals surface area contributed by atoms with Crippen LogP contribution in [0.15, 0.2) is 46.8 Å². The van der Waals surface area contributed by atoms with Gasteiger partial charge in [0.05, 0.1) is 30.5 Å². The molecule has 0 aliphatic rings. The van der Waals surface area contributed by atoms with E-state index < -0.39 is 17.0 Å². The van der Waals surface area contributed by atoms with Crippen molar-refractivity contribution < 1.29 is 27.8 Å². The smallest absolute Gasteiger partial charge is 0.307 e. The molecule has 2 heterocycles. The van der Waals surface area contributed by atoms with Gasteiger partial charge in [-0.15, -0.1) is 11.3 Å². The molecule has 0 aliphatic heterocycles. The highest BCUT2D eigenvalue weighted by molar-refractivity contribution is 7.79. The number of carbonyl (C=O) groups excluding carboxylic acids is 2. The Morgan fingerprint density at radius 1 is 1.23 bits per heavy atom. The van der Waals surface area contributed by atoms with E-state index in [9.17, 15) is 18.4 Å². The quantitative estimate of drug-likeness (QED) is 0.288. The van der Waals surface area contributed by atoms with Crippen LogP contribution in [0.3, 0.4) is 0 Å². The fourth-order valence-corrected chi connectivity index (χ4v) is 4.05. The second kappa shape index (κ2) is 12.4. The molecule has 1 amide bonds. The first-order chi connectivity index (χ1) is 16.8. The van der Waals surface area contributed by atoms with Crippen LogP contribution >= 0.6 is 11.3 Å². The molecular weight excluding hydrogens is 492 g/mol. The molecule has 3 rings (SSSR count). The minimum absolute atomic E-state index is 0.0871. The Kier molecular flexibility index (Phi) is 9.29. The van der Waals surface area contributed by atoms with E-state index >= 15 is 0 Å². The van der Waals surface area contributed by atoms with Crippen LogP contribution in [0.2, 0.25) is 0 Å². The van der Waals surface area contributed by atoms with Crippen LogP contribution in [0.4, 0.5) is 10.8 Å². The normalized spacial score (nSPS) is 11.7. The van der Waals surface area contributed by atoms with Crippen LogP contribution in [0, 0.1) is 0 Å². The number of nitrogens with zero attached hydrogens (tertiary/aromatic N) is 2. The van der Waals surface area contributed by atoms with Crippen LogP contribution in [0.5, 0.6) is 5.75 Å². The van der Waals surface area contributed by atoms with E-state index in [0.717, 1.165) is 0 Å². The average molecular weight is 518 g/mol. The predicted molar refractivity (Wildman–Crippen MR) is 132 cm³/mol. The highest BCUT2D eigenvalue weighted by Gasteiger charge is 2.13. The summed E-state index contributed by atoms with van der Waals surface area (Å²) in [6.45, 7) is 5.93. The fourth-order valence-electron chi connectivity index (χ4n) is 2.93. The Balaban J connectivity index is 1.68. The zero-order valence-corrected chi connectivity index (χ0v) is 21.0. The zero-order chi connectivity index (χ0) is 25.4. The predicted octanol–water partition coefficient (Wildman–Crippen LogP) is 3.66. The number of thiazole rings is 1. The molecule has 1 atom stereocenters. The molecule has 0 bridgehead atoms. The maximum absolute atomic E-state index is 12.2. The lowest BCUT2D eigenvalue weighted by atomic mass is 10.2. The molecule has 0 saturated carbocycles. The minimum atomic E-state index is -2.38. The van der Waals surface area contributed by atoms with Crippen molar-refractivity contribution in [3.63, 3.8) is 0 Å². The van der Waals surface area contributed by atoms with E-state index in [1.54, 1.807) is 25.1 Å². The van der Waals surface area contributed by atoms with E-state index in [-0.39, 0.29) is 35.6 Å². The van der Waals surface area contributed by atoms with E-state index in [2.05, 4.69) is 20.6 Å². The number of anilines is 2. The molecule has 0 fully saturated rings. The van der Waals surface area contributed by atoms with Gasteiger partial charge in [0.15, 0.2) is 5.13 Å². The van der Waals surface area contributed by atoms with Crippen LogP contribution < -0.4 is 15.4 Å². The SMILES string of the molecule is CCOC(=O)CCNC(=O)c1ccc(-c2csc(Nc3cc(S(=O)[O-])ccc3OC(C)C)n2)cn1. The number of rotatable bonds is 11. The molecule has 186 valence electrons. The molecule has 0 aliphatic carbocycles. The van der Waals surface area contributed by atoms with Gasteiger partial charge in [-0.25, -0.2) is 4.98 Å². The second-order valence-electron chi connectivity index (χ2n) is 7.47. The largest absolute Gasteiger partial charge is 0.768 e. The van der Waals surface area contributed by atoms with Crippen molar-refractivity contribution in [3.8, 4) is 17.0 Å². The topological polar surface area (TPSA) is 143 Å². The van der Waals surface area contributed by atoms with E-state index in [0.29, 0.717) is 34.4 Å². The summed E-state index contributed by atoms with van der Waals surface area (Å²) >= 11 is -1.05. The van der Waals surface area contributed by atoms with Gasteiger partial charge in [0.25, 0.3) is 5.91 Å². The number of hydrogen-bond acceptors (Lipinski definition) is 10. The molecule has 2 N–H and O–H groups in total. The Bertz CT molecular complexity index is 1200. The van der Waals surface area contributed by atoms with Crippen molar-refractivity contribution in [1.82, 2.24) is 15.3 Å². The molecule has 10 nitrogen and oxygen atoms in total. The third kappa shape index (κ3) is 7.57. The third-order valence-corrected chi connectivity index (χ3v) is 5.86. The van der Waals surface area contributed by atoms with E-state index in [4.69, 9.17) is 9.47 Å². The third-order valence-electron chi connectivity index (χ3n) is 4.46. The van der Waals surface area contributed by atoms with Gasteiger partial charge in [0.2, 0.25) is 0 Å². The number of benzene rings is 1. The lowest BCUT2D eigenvalue weighted by Gasteiger charge is -2.16. The van der Waals surface area contributed by atoms with Crippen LogP contribution in [0.1, 0.15) is 37.7 Å². The monoisotopic (exact) mass is 517 g/mol. The van der Waals surface area contributed by atoms with Crippen molar-refractivity contribution >= 4 is 45.1 Å². The molecule has 3 aromatic rings. The van der Waals surface area contributed by atoms with Crippen molar-refractivity contribution in [2.45, 2.75) is 38.2 Å². The summed E-state index contributed by atoms with van der Waals surface area (Å²) in [5.74, 6) is -0.263. The van der Waals surface area contributed by atoms with Crippen LogP contribution in [-0.2, 0) is 20.6 Å². The number of carbonyl (C=O) groups is 2. The van der Waals surface area contributed by atoms with Gasteiger partial charge in [-0.2, -0.15) is 0 Å². The number of nitrogens with one attached hydrogen (secondary N) is 2. The number of amides is 1. The first-order valence-electron chi connectivity index (χ1n) is 10.8. The lowest BCUT2D eigenvalue weighted by molar-refractivity contribution is -0.142. The second-order valence-corrected chi connectivity index (χ2v) is 9.26. The van der Waals surface area contributed by atoms with Crippen LogP contribution in [-0.4, -0.2) is 49.9 Å². The Morgan fingerprint density at radius 2 is 2.03 bits per heavy atom. The summed E-state index contributed by atoms with van der Waals surface area (Å²) in [6, 6.07) is 7.85. The fraction of sp³-hybridized carbons (Fsp3) is 0.304. The van der Waals surface area contributed by atoms with Gasteiger partial charge in [-0.3, -0.25) is 18.8 Å². The first kappa shape index (κ1) is 26.3. The number of esters is 1. The van der Waals surface area contributed by atoms with Gasteiger partial charge in [0, 0.05) is 28.6 Å². The van der Waals surface area contributed by atoms with Gasteiger partial charge < -0.3 is 24.7 Å². The van der Waals surface area contributed by atoms with Crippen molar-refractivity contribution in [2.75, 3.05) is 18.5 Å². The number of ether oxygens (including phenoxy) is 2. The van der Waals surface area contributed by atoms with Crippen molar-refractivity contribution in [1.29, 1.82) is 0 Å². The van der Waals surface area contributed by atoms with Gasteiger partial charge >= 0.3 is 5.97 Å². The molecule has 35 heavy (non-hydrogen) atoms. The summed E-state index contributed by atoms with van der Waals surface area (Å²) in [5, 5.41) is 8.10. The maximum Gasteiger partial charge on any atom is 0.307 e. The van der Waals surface area contributed by atoms with Gasteiger partial charge in [-0.1, -0.05) is 0 Å². The number of hydrogen-bond donors (Lipinski definition) is 2. The lowest BCUT2D eigenvalue weighted by Crippen LogP contribution is -2.27. The average Bonchev–Trinajstić information content (AvgIpc) is 3.28. The number of aromatic nitrogens is 2. The highest BCUT2D eigenvalue weighted by atomic mass is 32.2. The standard InChI is InChI=1S/C23H26N4O6S2/c1-4-32-21(28)9-10-24-22(29)17-7-5-15(12-25-17)19-13-34-23(27-19)26-18-11-16(35(30)31)6-8-20(18)33-14(2)3/h5-8,11-14H,4,9-10H2,1-3H3,(H,24,29)(H,26,27)(H,30,31)/p-1. The van der Waals surface area contributed by atoms with Gasteiger partial charge in [0.1, 0.15) is 11.4 Å². The zero-order valence-electron chi connectivity index (χ0n) is 19.4. The molecule has 1 unspecified atom stereocenters. The number of pyridine rings is 1. The summed E-state index contributed by atoms with van der Waals surface area (Å²) in [6.07, 6.45) is 1.52. The molecule has 0 radical (unpaired) electrons. The minimum Gasteiger partial charge on any atom is -0.768 e. The van der Waals surface area contributed by atoms with Gasteiger partial charge in [-0.05, 0) is 62.2 Å². The molecule has 0 saturated heterocycles. The Labute approximate surface area is 209 Å². The highest BCUT2D eigenvalue weighted by Crippen LogP contribution is 2.33. The Hall–Kier alpha value is -3.35. The first-order valence-corrected chi connectivity index (χ1v) is 12.7. The van der Waals surface area contributed by atoms with Crippen molar-refractivity contribution in [3.05, 3.63) is 47.6 Å². The van der Waals surface area contributed by atoms with E-state index in [1.165, 1.54) is 29.7 Å². The van der Waals surface area contributed by atoms with Crippen molar-refractivity contribution in [2.24, 2.45) is 0 Å². The summed E-state index contributed by atoms with van der Waals surface area (Å²) < 4.78 is 33.4. The Morgan fingerprint density at radius 3 is 2.69 bits per heavy atom. The molecular formula is C23H25N4O6S2-. The molecule has 1 aromatic carbocycles. The summed E-state index contributed by atoms with van der Waals surface area (Å²) in [5.41, 5.74) is 2.03. The molecule has 0 spiro atoms. The van der Waals surface area contributed by atoms with Crippen LogP contribution in [0.25, 0.3) is 11.3 Å². The maximum atomic E-state index is 12.2. The molecule has 12 heteroatoms.